The monoisotopic (exact) mass is 480 g/mol. The number of hydrogen-bond donors (Lipinski definition) is 2. The Hall–Kier alpha value is -3.14. The van der Waals surface area contributed by atoms with Crippen molar-refractivity contribution in [2.75, 3.05) is 0 Å². The number of nitrogens with one attached hydrogen (secondary N) is 2. The molecule has 0 aromatic carbocycles. The fourth-order valence-corrected chi connectivity index (χ4v) is 6.49. The lowest BCUT2D eigenvalue weighted by atomic mass is 9.94. The Morgan fingerprint density at radius 2 is 0.972 bits per heavy atom. The quantitative estimate of drug-likeness (QED) is 0.442. The van der Waals surface area contributed by atoms with Crippen molar-refractivity contribution in [2.45, 2.75) is 93.2 Å². The van der Waals surface area contributed by atoms with Gasteiger partial charge in [0.05, 0.1) is 11.4 Å². The van der Waals surface area contributed by atoms with E-state index in [1.165, 1.54) is 67.3 Å². The Balaban J connectivity index is 1.77. The summed E-state index contributed by atoms with van der Waals surface area (Å²) in [4.78, 5) is 18.1. The molecule has 4 nitrogen and oxygen atoms in total. The van der Waals surface area contributed by atoms with Crippen molar-refractivity contribution in [1.29, 1.82) is 0 Å². The Bertz CT molecular complexity index is 1300. The van der Waals surface area contributed by atoms with Crippen LogP contribution < -0.4 is 0 Å². The number of fused-ring (bicyclic) bond motifs is 8. The lowest BCUT2D eigenvalue weighted by molar-refractivity contribution is 0.780. The highest BCUT2D eigenvalue weighted by Gasteiger charge is 2.31. The van der Waals surface area contributed by atoms with E-state index in [-0.39, 0.29) is 12.1 Å². The first-order valence-electron chi connectivity index (χ1n) is 13.7. The first-order chi connectivity index (χ1) is 17.3. The van der Waals surface area contributed by atoms with Crippen LogP contribution in [0.5, 0.6) is 0 Å². The van der Waals surface area contributed by atoms with Crippen LogP contribution in [0.4, 0.5) is 0 Å². The Kier molecular flexibility index (Phi) is 6.40. The second-order valence-electron chi connectivity index (χ2n) is 10.3. The van der Waals surface area contributed by atoms with E-state index in [0.29, 0.717) is 0 Å². The van der Waals surface area contributed by atoms with Gasteiger partial charge in [-0.25, -0.2) is 0 Å². The average Bonchev–Trinajstić information content (AvgIpc) is 3.56. The van der Waals surface area contributed by atoms with E-state index in [1.807, 2.05) is 0 Å². The second-order valence-corrected chi connectivity index (χ2v) is 10.3. The largest absolute Gasteiger partial charge is 0.356 e. The maximum Gasteiger partial charge on any atom is 0.112 e. The van der Waals surface area contributed by atoms with E-state index in [4.69, 9.17) is 9.98 Å². The topological polar surface area (TPSA) is 56.3 Å². The molecule has 0 saturated carbocycles. The summed E-state index contributed by atoms with van der Waals surface area (Å²) < 4.78 is 0. The molecule has 0 aliphatic carbocycles. The van der Waals surface area contributed by atoms with Crippen LogP contribution in [-0.4, -0.2) is 21.4 Å². The molecule has 0 radical (unpaired) electrons. The van der Waals surface area contributed by atoms with E-state index >= 15 is 0 Å². The van der Waals surface area contributed by atoms with Crippen LogP contribution in [0.3, 0.4) is 0 Å². The molecule has 2 atom stereocenters. The van der Waals surface area contributed by atoms with Gasteiger partial charge in [-0.1, -0.05) is 27.7 Å². The predicted molar refractivity (Wildman–Crippen MR) is 154 cm³/mol. The molecule has 36 heavy (non-hydrogen) atoms. The molecule has 0 saturated heterocycles. The van der Waals surface area contributed by atoms with Crippen molar-refractivity contribution in [3.63, 3.8) is 0 Å². The predicted octanol–water partition coefficient (Wildman–Crippen LogP) is 8.27. The minimum Gasteiger partial charge on any atom is -0.356 e. The van der Waals surface area contributed by atoms with Crippen LogP contribution in [0.25, 0.3) is 12.2 Å². The van der Waals surface area contributed by atoms with Crippen molar-refractivity contribution in [3.8, 4) is 0 Å². The van der Waals surface area contributed by atoms with E-state index < -0.39 is 0 Å². The Morgan fingerprint density at radius 1 is 0.583 bits per heavy atom. The van der Waals surface area contributed by atoms with Crippen LogP contribution in [-0.2, 0) is 12.8 Å². The summed E-state index contributed by atoms with van der Waals surface area (Å²) in [5, 5.41) is 0. The van der Waals surface area contributed by atoms with Crippen molar-refractivity contribution >= 4 is 23.6 Å². The summed E-state index contributed by atoms with van der Waals surface area (Å²) >= 11 is 0. The number of nitrogens with zero attached hydrogens (tertiary/aromatic N) is 2. The molecule has 8 bridgehead atoms. The Morgan fingerprint density at radius 3 is 1.31 bits per heavy atom. The van der Waals surface area contributed by atoms with Gasteiger partial charge in [0.25, 0.3) is 0 Å². The maximum absolute atomic E-state index is 5.28. The van der Waals surface area contributed by atoms with Gasteiger partial charge in [-0.3, -0.25) is 9.98 Å². The molecule has 0 spiro atoms. The average molecular weight is 481 g/mol. The highest BCUT2D eigenvalue weighted by Crippen LogP contribution is 2.42. The third kappa shape index (κ3) is 3.65. The Labute approximate surface area is 216 Å². The van der Waals surface area contributed by atoms with Gasteiger partial charge in [-0.2, -0.15) is 0 Å². The van der Waals surface area contributed by atoms with E-state index in [1.54, 1.807) is 0 Å². The normalized spacial score (nSPS) is 22.9. The SMILES string of the molecule is CCC1=C(C)C2=NC1c1[nH]c(c(C)c1CC)/C=C\C1=NC(C(CC)=C1C)c1[nH]c(c(C)c1CC)/C=C\2. The number of aromatic nitrogens is 2. The second kappa shape index (κ2) is 9.38. The number of rotatable bonds is 4. The number of aromatic amines is 2. The van der Waals surface area contributed by atoms with E-state index in [2.05, 4.69) is 89.7 Å². The standard InChI is InChI=1S/C32H40N4/c1-9-21-17(5)25-13-14-27-19(7)23(11-3)31(35-27)32-24(12-4)20(8)28(36-32)16-15-26-18(6)22(10-2)30(34-26)29(21)33-25/h13-16,29,32,34-35H,9-12H2,1-8H3/b14-13-,16-15-. The first kappa shape index (κ1) is 24.5. The number of allylic oxidation sites excluding steroid dienone is 4. The van der Waals surface area contributed by atoms with Crippen LogP contribution in [0, 0.1) is 13.8 Å². The van der Waals surface area contributed by atoms with Gasteiger partial charge in [-0.05, 0) is 122 Å². The maximum atomic E-state index is 5.28. The third-order valence-corrected chi connectivity index (χ3v) is 8.66. The summed E-state index contributed by atoms with van der Waals surface area (Å²) in [5.41, 5.74) is 17.9. The highest BCUT2D eigenvalue weighted by atomic mass is 14.9. The van der Waals surface area contributed by atoms with Gasteiger partial charge in [0, 0.05) is 22.8 Å². The lowest BCUT2D eigenvalue weighted by Gasteiger charge is -2.13. The molecule has 2 aromatic rings. The molecule has 0 amide bonds. The summed E-state index contributed by atoms with van der Waals surface area (Å²) in [5.74, 6) is 0. The molecule has 2 unspecified atom stereocenters. The molecule has 5 rings (SSSR count). The van der Waals surface area contributed by atoms with Gasteiger partial charge in [0.15, 0.2) is 0 Å². The van der Waals surface area contributed by atoms with Crippen molar-refractivity contribution in [3.05, 3.63) is 79.5 Å². The van der Waals surface area contributed by atoms with E-state index in [0.717, 1.165) is 37.1 Å². The molecule has 2 N–H and O–H groups in total. The van der Waals surface area contributed by atoms with Gasteiger partial charge < -0.3 is 9.97 Å². The molecule has 188 valence electrons. The summed E-state index contributed by atoms with van der Waals surface area (Å²) in [6.07, 6.45) is 12.9. The molecule has 0 fully saturated rings. The number of hydrogen-bond acceptors (Lipinski definition) is 2. The minimum absolute atomic E-state index is 0.0615. The van der Waals surface area contributed by atoms with Crippen molar-refractivity contribution < 1.29 is 0 Å². The summed E-state index contributed by atoms with van der Waals surface area (Å²) in [6.45, 7) is 18.0. The molecule has 5 heterocycles. The summed E-state index contributed by atoms with van der Waals surface area (Å²) in [7, 11) is 0. The molecular weight excluding hydrogens is 440 g/mol. The zero-order valence-corrected chi connectivity index (χ0v) is 23.2. The van der Waals surface area contributed by atoms with E-state index in [9.17, 15) is 0 Å². The fourth-order valence-electron chi connectivity index (χ4n) is 6.49. The molecule has 3 aliphatic heterocycles. The zero-order chi connectivity index (χ0) is 25.7. The van der Waals surface area contributed by atoms with Crippen LogP contribution in [0.15, 0.2) is 44.4 Å². The molecular formula is C32H40N4. The number of H-pyrrole nitrogens is 2. The van der Waals surface area contributed by atoms with Gasteiger partial charge in [-0.15, -0.1) is 0 Å². The number of aliphatic imine (C=N–C) groups is 2. The van der Waals surface area contributed by atoms with Crippen LogP contribution in [0.2, 0.25) is 0 Å². The van der Waals surface area contributed by atoms with Crippen molar-refractivity contribution in [2.24, 2.45) is 9.98 Å². The molecule has 2 aromatic heterocycles. The molecule has 4 heteroatoms. The van der Waals surface area contributed by atoms with Crippen LogP contribution >= 0.6 is 0 Å². The summed E-state index contributed by atoms with van der Waals surface area (Å²) in [6, 6.07) is 0.123. The van der Waals surface area contributed by atoms with Crippen LogP contribution in [0.1, 0.15) is 111 Å². The van der Waals surface area contributed by atoms with Gasteiger partial charge in [0.2, 0.25) is 0 Å². The zero-order valence-electron chi connectivity index (χ0n) is 23.2. The lowest BCUT2D eigenvalue weighted by Crippen LogP contribution is -2.01. The van der Waals surface area contributed by atoms with Gasteiger partial charge in [0.1, 0.15) is 12.1 Å². The smallest absolute Gasteiger partial charge is 0.112 e. The van der Waals surface area contributed by atoms with Gasteiger partial charge >= 0.3 is 0 Å². The highest BCUT2D eigenvalue weighted by molar-refractivity contribution is 6.13. The first-order valence-corrected chi connectivity index (χ1v) is 13.7. The minimum atomic E-state index is 0.0615. The van der Waals surface area contributed by atoms with Crippen molar-refractivity contribution in [1.82, 2.24) is 9.97 Å². The third-order valence-electron chi connectivity index (χ3n) is 8.66. The molecule has 3 aliphatic rings. The fraction of sp³-hybridized carbons (Fsp3) is 0.438.